The van der Waals surface area contributed by atoms with Crippen molar-refractivity contribution in [3.63, 3.8) is 0 Å². The summed E-state index contributed by atoms with van der Waals surface area (Å²) in [6.45, 7) is 4.80. The molecule has 4 aromatic carbocycles. The van der Waals surface area contributed by atoms with Crippen molar-refractivity contribution in [1.29, 1.82) is 10.5 Å². The van der Waals surface area contributed by atoms with Crippen LogP contribution in [0.25, 0.3) is 0 Å². The first kappa shape index (κ1) is 32.3. The van der Waals surface area contributed by atoms with Crippen molar-refractivity contribution in [3.05, 3.63) is 129 Å². The number of hydrogen-bond donors (Lipinski definition) is 1. The summed E-state index contributed by atoms with van der Waals surface area (Å²) in [6.07, 6.45) is 0.627. The standard InChI is InChI=1S/C35H30ClN7O2/c1-24-10-13-28(14-11-24)39-40-34(30-17-15-29(22-25(30)2)43(20-6-18-37)21-7-19-38)41-42-35(45)32-23-27(36)12-16-31(32)33(44)26-8-4-3-5-9-26/h3-5,8-17,22-23H,6-7,20-21H2,1-2H3,(H,42,45)/b40-39?,41-34-. The summed E-state index contributed by atoms with van der Waals surface area (Å²) in [6, 6.07) is 30.5. The van der Waals surface area contributed by atoms with Crippen LogP contribution >= 0.6 is 11.6 Å². The largest absolute Gasteiger partial charge is 0.369 e. The van der Waals surface area contributed by atoms with Gasteiger partial charge in [0.2, 0.25) is 5.84 Å². The van der Waals surface area contributed by atoms with E-state index in [-0.39, 0.29) is 27.8 Å². The number of nitrogens with zero attached hydrogens (tertiary/aromatic N) is 6. The molecule has 224 valence electrons. The van der Waals surface area contributed by atoms with Gasteiger partial charge in [-0.05, 0) is 67.9 Å². The molecule has 0 fully saturated rings. The van der Waals surface area contributed by atoms with Crippen molar-refractivity contribution < 1.29 is 9.59 Å². The van der Waals surface area contributed by atoms with Gasteiger partial charge >= 0.3 is 0 Å². The third kappa shape index (κ3) is 8.70. The number of amidine groups is 1. The van der Waals surface area contributed by atoms with Gasteiger partial charge in [-0.3, -0.25) is 9.59 Å². The van der Waals surface area contributed by atoms with Crippen LogP contribution in [0, 0.1) is 36.5 Å². The van der Waals surface area contributed by atoms with Gasteiger partial charge in [0.25, 0.3) is 5.91 Å². The molecule has 1 N–H and O–H groups in total. The number of hydrogen-bond acceptors (Lipinski definition) is 7. The molecular weight excluding hydrogens is 586 g/mol. The van der Waals surface area contributed by atoms with Crippen LogP contribution in [0.2, 0.25) is 5.02 Å². The quantitative estimate of drug-likeness (QED) is 0.0606. The van der Waals surface area contributed by atoms with Crippen molar-refractivity contribution in [2.45, 2.75) is 26.7 Å². The number of anilines is 1. The fourth-order valence-electron chi connectivity index (χ4n) is 4.50. The number of azo groups is 1. The lowest BCUT2D eigenvalue weighted by Gasteiger charge is -2.23. The van der Waals surface area contributed by atoms with Gasteiger partial charge in [0.1, 0.15) is 0 Å². The number of carbonyl (C=O) groups is 2. The van der Waals surface area contributed by atoms with E-state index in [0.29, 0.717) is 42.7 Å². The number of benzene rings is 4. The highest BCUT2D eigenvalue weighted by Gasteiger charge is 2.20. The second-order valence-corrected chi connectivity index (χ2v) is 10.5. The fraction of sp³-hybridized carbons (Fsp3) is 0.171. The number of rotatable bonds is 11. The predicted octanol–water partition coefficient (Wildman–Crippen LogP) is 7.70. The summed E-state index contributed by atoms with van der Waals surface area (Å²) in [4.78, 5) is 28.7. The SMILES string of the molecule is Cc1ccc(N=N/C(=N\NC(=O)c2cc(Cl)ccc2C(=O)c2ccccc2)c2ccc(N(CCC#N)CCC#N)cc2C)cc1. The highest BCUT2D eigenvalue weighted by molar-refractivity contribution is 6.31. The van der Waals surface area contributed by atoms with Crippen molar-refractivity contribution in [1.82, 2.24) is 5.43 Å². The molecule has 0 aliphatic heterocycles. The number of ketones is 1. The van der Waals surface area contributed by atoms with Crippen molar-refractivity contribution in [2.75, 3.05) is 18.0 Å². The zero-order chi connectivity index (χ0) is 32.2. The molecule has 9 nitrogen and oxygen atoms in total. The number of hydrazone groups is 1. The molecule has 45 heavy (non-hydrogen) atoms. The zero-order valence-corrected chi connectivity index (χ0v) is 25.6. The molecule has 0 bridgehead atoms. The van der Waals surface area contributed by atoms with Crippen LogP contribution in [0.1, 0.15) is 55.8 Å². The summed E-state index contributed by atoms with van der Waals surface area (Å²) in [5.41, 5.74) is 7.09. The summed E-state index contributed by atoms with van der Waals surface area (Å²) in [7, 11) is 0. The molecule has 1 amide bonds. The van der Waals surface area contributed by atoms with Gasteiger partial charge in [-0.1, -0.05) is 59.6 Å². The summed E-state index contributed by atoms with van der Waals surface area (Å²) < 4.78 is 0. The van der Waals surface area contributed by atoms with E-state index >= 15 is 0 Å². The first-order valence-corrected chi connectivity index (χ1v) is 14.5. The fourth-order valence-corrected chi connectivity index (χ4v) is 4.67. The van der Waals surface area contributed by atoms with Gasteiger partial charge < -0.3 is 4.90 Å². The van der Waals surface area contributed by atoms with Crippen molar-refractivity contribution >= 4 is 40.5 Å². The Hall–Kier alpha value is -5.64. The lowest BCUT2D eigenvalue weighted by Crippen LogP contribution is -2.25. The Morgan fingerprint density at radius 2 is 1.49 bits per heavy atom. The lowest BCUT2D eigenvalue weighted by atomic mass is 9.98. The molecular formula is C35H30ClN7O2. The third-order valence-electron chi connectivity index (χ3n) is 6.87. The second-order valence-electron chi connectivity index (χ2n) is 10.1. The van der Waals surface area contributed by atoms with Gasteiger partial charge in [-0.15, -0.1) is 15.3 Å². The van der Waals surface area contributed by atoms with Gasteiger partial charge in [-0.25, -0.2) is 5.43 Å². The highest BCUT2D eigenvalue weighted by atomic mass is 35.5. The Bertz CT molecular complexity index is 1800. The molecule has 10 heteroatoms. The average Bonchev–Trinajstić information content (AvgIpc) is 3.06. The van der Waals surface area contributed by atoms with Crippen molar-refractivity contribution in [2.24, 2.45) is 15.3 Å². The first-order chi connectivity index (χ1) is 21.8. The van der Waals surface area contributed by atoms with Crippen molar-refractivity contribution in [3.8, 4) is 12.1 Å². The maximum absolute atomic E-state index is 13.5. The van der Waals surface area contributed by atoms with Gasteiger partial charge in [0.05, 0.1) is 36.2 Å². The molecule has 0 spiro atoms. The van der Waals surface area contributed by atoms with E-state index in [2.05, 4.69) is 32.9 Å². The zero-order valence-electron chi connectivity index (χ0n) is 24.9. The van der Waals surface area contributed by atoms with E-state index in [1.807, 2.05) is 55.1 Å². The summed E-state index contributed by atoms with van der Waals surface area (Å²) >= 11 is 6.22. The average molecular weight is 616 g/mol. The molecule has 0 aliphatic carbocycles. The lowest BCUT2D eigenvalue weighted by molar-refractivity contribution is 0.0943. The number of amides is 1. The monoisotopic (exact) mass is 615 g/mol. The normalized spacial score (nSPS) is 11.1. The van der Waals surface area contributed by atoms with E-state index in [1.54, 1.807) is 42.5 Å². The van der Waals surface area contributed by atoms with Crippen LogP contribution in [0.5, 0.6) is 0 Å². The Labute approximate surface area is 267 Å². The number of aryl methyl sites for hydroxylation is 2. The topological polar surface area (TPSA) is 134 Å². The predicted molar refractivity (Wildman–Crippen MR) is 175 cm³/mol. The van der Waals surface area contributed by atoms with Gasteiger partial charge in [0.15, 0.2) is 5.78 Å². The maximum Gasteiger partial charge on any atom is 0.272 e. The Morgan fingerprint density at radius 3 is 2.13 bits per heavy atom. The minimum Gasteiger partial charge on any atom is -0.369 e. The van der Waals surface area contributed by atoms with Crippen LogP contribution in [0.4, 0.5) is 11.4 Å². The van der Waals surface area contributed by atoms with Crippen LogP contribution in [0.15, 0.2) is 106 Å². The number of halogens is 1. The van der Waals surface area contributed by atoms with Gasteiger partial charge in [-0.2, -0.15) is 10.5 Å². The minimum absolute atomic E-state index is 0.0626. The molecule has 0 aliphatic rings. The molecule has 0 aromatic heterocycles. The number of nitriles is 2. The molecule has 0 saturated carbocycles. The molecule has 0 heterocycles. The Morgan fingerprint density at radius 1 is 0.822 bits per heavy atom. The van der Waals surface area contributed by atoms with E-state index in [9.17, 15) is 9.59 Å². The highest BCUT2D eigenvalue weighted by Crippen LogP contribution is 2.23. The number of carbonyl (C=O) groups excluding carboxylic acids is 2. The molecule has 0 radical (unpaired) electrons. The Balaban J connectivity index is 1.70. The van der Waals surface area contributed by atoms with Crippen LogP contribution in [0.3, 0.4) is 0 Å². The Kier molecular flexibility index (Phi) is 11.3. The first-order valence-electron chi connectivity index (χ1n) is 14.2. The van der Waals surface area contributed by atoms with Crippen LogP contribution in [-0.2, 0) is 0 Å². The van der Waals surface area contributed by atoms with Crippen LogP contribution in [-0.4, -0.2) is 30.6 Å². The minimum atomic E-state index is -0.645. The number of nitrogens with one attached hydrogen (secondary N) is 1. The molecule has 4 rings (SSSR count). The molecule has 4 aromatic rings. The third-order valence-corrected chi connectivity index (χ3v) is 7.10. The molecule has 0 unspecified atom stereocenters. The van der Waals surface area contributed by atoms with Gasteiger partial charge in [0, 0.05) is 40.5 Å². The van der Waals surface area contributed by atoms with E-state index in [4.69, 9.17) is 22.1 Å². The molecule has 0 atom stereocenters. The van der Waals surface area contributed by atoms with E-state index in [0.717, 1.165) is 16.8 Å². The smallest absolute Gasteiger partial charge is 0.272 e. The van der Waals surface area contributed by atoms with Crippen LogP contribution < -0.4 is 10.3 Å². The van der Waals surface area contributed by atoms with E-state index in [1.165, 1.54) is 12.1 Å². The summed E-state index contributed by atoms with van der Waals surface area (Å²) in [5.74, 6) is -0.843. The summed E-state index contributed by atoms with van der Waals surface area (Å²) in [5, 5.41) is 31.5. The molecule has 0 saturated heterocycles. The van der Waals surface area contributed by atoms with E-state index < -0.39 is 5.91 Å². The maximum atomic E-state index is 13.5. The second kappa shape index (κ2) is 15.7.